The number of hydrogen-bond donors (Lipinski definition) is 0. The van der Waals surface area contributed by atoms with Gasteiger partial charge in [0.2, 0.25) is 0 Å². The predicted octanol–water partition coefficient (Wildman–Crippen LogP) is 4.35. The highest BCUT2D eigenvalue weighted by Crippen LogP contribution is 2.66. The Kier molecular flexibility index (Phi) is 4.03. The van der Waals surface area contributed by atoms with E-state index in [4.69, 9.17) is 4.74 Å². The molecule has 138 valence electrons. The SMILES string of the molecule is CO[C@@H]1C[C@@H]2[C@H]3CCC4=CC(=O)CC[C@]4(C)[C@@H]3CC[C@]2(C)[C@H]1C(C)=O. The first-order valence-corrected chi connectivity index (χ1v) is 10.1. The molecule has 7 atom stereocenters. The molecule has 3 fully saturated rings. The van der Waals surface area contributed by atoms with Crippen LogP contribution in [0.3, 0.4) is 0 Å². The van der Waals surface area contributed by atoms with E-state index in [0.29, 0.717) is 35.7 Å². The van der Waals surface area contributed by atoms with Crippen LogP contribution in [0.4, 0.5) is 0 Å². The van der Waals surface area contributed by atoms with Gasteiger partial charge in [-0.15, -0.1) is 0 Å². The Morgan fingerprint density at radius 1 is 1.16 bits per heavy atom. The first kappa shape index (κ1) is 17.5. The standard InChI is InChI=1S/C22H32O3/c1-13(23)20-19(25-4)12-18-16-6-5-14-11-15(24)7-9-21(14,2)17(16)8-10-22(18,20)3/h11,16-20H,5-10,12H2,1-4H3/t16-,17+,18+,19+,20-,21-,22-/m0/s1. The van der Waals surface area contributed by atoms with Crippen molar-refractivity contribution in [1.82, 2.24) is 0 Å². The van der Waals surface area contributed by atoms with Crippen LogP contribution in [-0.4, -0.2) is 24.8 Å². The molecule has 4 rings (SSSR count). The van der Waals surface area contributed by atoms with E-state index in [1.165, 1.54) is 18.4 Å². The number of rotatable bonds is 2. The molecular weight excluding hydrogens is 312 g/mol. The van der Waals surface area contributed by atoms with Crippen LogP contribution in [0.2, 0.25) is 0 Å². The third kappa shape index (κ3) is 2.34. The number of ketones is 2. The van der Waals surface area contributed by atoms with Crippen LogP contribution < -0.4 is 0 Å². The summed E-state index contributed by atoms with van der Waals surface area (Å²) in [6.07, 6.45) is 9.39. The van der Waals surface area contributed by atoms with Crippen LogP contribution in [0, 0.1) is 34.5 Å². The Morgan fingerprint density at radius 3 is 2.60 bits per heavy atom. The molecular formula is C22H32O3. The van der Waals surface area contributed by atoms with Gasteiger partial charge in [-0.3, -0.25) is 9.59 Å². The highest BCUT2D eigenvalue weighted by atomic mass is 16.5. The van der Waals surface area contributed by atoms with E-state index in [9.17, 15) is 9.59 Å². The van der Waals surface area contributed by atoms with E-state index in [2.05, 4.69) is 13.8 Å². The summed E-state index contributed by atoms with van der Waals surface area (Å²) < 4.78 is 5.79. The molecule has 0 heterocycles. The number of carbonyl (C=O) groups excluding carboxylic acids is 2. The van der Waals surface area contributed by atoms with Gasteiger partial charge in [0.05, 0.1) is 6.10 Å². The second kappa shape index (κ2) is 5.77. The number of hydrogen-bond acceptors (Lipinski definition) is 3. The molecule has 25 heavy (non-hydrogen) atoms. The Balaban J connectivity index is 1.69. The van der Waals surface area contributed by atoms with Gasteiger partial charge in [-0.2, -0.15) is 0 Å². The van der Waals surface area contributed by atoms with Crippen molar-refractivity contribution in [2.45, 2.75) is 71.8 Å². The van der Waals surface area contributed by atoms with E-state index in [0.717, 1.165) is 25.7 Å². The number of allylic oxidation sites excluding steroid dienone is 1. The van der Waals surface area contributed by atoms with Crippen LogP contribution in [0.15, 0.2) is 11.6 Å². The molecule has 4 aliphatic rings. The lowest BCUT2D eigenvalue weighted by molar-refractivity contribution is -0.132. The Bertz CT molecular complexity index is 635. The maximum Gasteiger partial charge on any atom is 0.155 e. The molecule has 0 saturated heterocycles. The third-order valence-corrected chi connectivity index (χ3v) is 8.71. The quantitative estimate of drug-likeness (QED) is 0.748. The lowest BCUT2D eigenvalue weighted by Gasteiger charge is -2.57. The largest absolute Gasteiger partial charge is 0.381 e. The van der Waals surface area contributed by atoms with Crippen LogP contribution >= 0.6 is 0 Å². The molecule has 3 heteroatoms. The number of methoxy groups -OCH3 is 1. The summed E-state index contributed by atoms with van der Waals surface area (Å²) in [6.45, 7) is 6.53. The van der Waals surface area contributed by atoms with Gasteiger partial charge in [-0.05, 0) is 80.1 Å². The topological polar surface area (TPSA) is 43.4 Å². The smallest absolute Gasteiger partial charge is 0.155 e. The molecule has 3 saturated carbocycles. The molecule has 3 nitrogen and oxygen atoms in total. The molecule has 4 aliphatic carbocycles. The fourth-order valence-corrected chi connectivity index (χ4v) is 7.51. The van der Waals surface area contributed by atoms with E-state index in [1.807, 2.05) is 6.08 Å². The number of Topliss-reactive ketones (excluding diaryl/α,β-unsaturated/α-hetero) is 1. The van der Waals surface area contributed by atoms with Crippen LogP contribution in [0.25, 0.3) is 0 Å². The average Bonchev–Trinajstić information content (AvgIpc) is 2.88. The predicted molar refractivity (Wildman–Crippen MR) is 97.1 cm³/mol. The summed E-state index contributed by atoms with van der Waals surface area (Å²) in [4.78, 5) is 24.4. The molecule has 0 radical (unpaired) electrons. The normalized spacial score (nSPS) is 49.0. The Hall–Kier alpha value is -0.960. The van der Waals surface area contributed by atoms with E-state index in [1.54, 1.807) is 14.0 Å². The summed E-state index contributed by atoms with van der Waals surface area (Å²) in [5, 5.41) is 0. The monoisotopic (exact) mass is 344 g/mol. The van der Waals surface area contributed by atoms with Crippen molar-refractivity contribution in [2.75, 3.05) is 7.11 Å². The summed E-state index contributed by atoms with van der Waals surface area (Å²) in [5.41, 5.74) is 1.71. The lowest BCUT2D eigenvalue weighted by atomic mass is 9.46. The second-order valence-corrected chi connectivity index (χ2v) is 9.61. The van der Waals surface area contributed by atoms with E-state index < -0.39 is 0 Å². The number of ether oxygens (including phenoxy) is 1. The first-order valence-electron chi connectivity index (χ1n) is 10.1. The van der Waals surface area contributed by atoms with Gasteiger partial charge in [0.25, 0.3) is 0 Å². The summed E-state index contributed by atoms with van der Waals surface area (Å²) in [6, 6.07) is 0. The van der Waals surface area contributed by atoms with Crippen molar-refractivity contribution in [3.05, 3.63) is 11.6 Å². The fourth-order valence-electron chi connectivity index (χ4n) is 7.51. The molecule has 0 amide bonds. The van der Waals surface area contributed by atoms with Gasteiger partial charge in [-0.25, -0.2) is 0 Å². The molecule has 0 bridgehead atoms. The minimum Gasteiger partial charge on any atom is -0.381 e. The van der Waals surface area contributed by atoms with Gasteiger partial charge in [0.15, 0.2) is 5.78 Å². The van der Waals surface area contributed by atoms with Gasteiger partial charge < -0.3 is 4.74 Å². The van der Waals surface area contributed by atoms with Crippen molar-refractivity contribution in [1.29, 1.82) is 0 Å². The Morgan fingerprint density at radius 2 is 1.92 bits per heavy atom. The first-order chi connectivity index (χ1) is 11.8. The van der Waals surface area contributed by atoms with Crippen LogP contribution in [-0.2, 0) is 14.3 Å². The van der Waals surface area contributed by atoms with Gasteiger partial charge >= 0.3 is 0 Å². The fraction of sp³-hybridized carbons (Fsp3) is 0.818. The third-order valence-electron chi connectivity index (χ3n) is 8.71. The van der Waals surface area contributed by atoms with Crippen molar-refractivity contribution < 1.29 is 14.3 Å². The van der Waals surface area contributed by atoms with E-state index in [-0.39, 0.29) is 22.9 Å². The van der Waals surface area contributed by atoms with Crippen molar-refractivity contribution in [3.8, 4) is 0 Å². The zero-order valence-electron chi connectivity index (χ0n) is 16.1. The van der Waals surface area contributed by atoms with Gasteiger partial charge in [-0.1, -0.05) is 19.4 Å². The summed E-state index contributed by atoms with van der Waals surface area (Å²) in [7, 11) is 1.77. The summed E-state index contributed by atoms with van der Waals surface area (Å²) in [5.74, 6) is 2.62. The van der Waals surface area contributed by atoms with Gasteiger partial charge in [0.1, 0.15) is 5.78 Å². The maximum absolute atomic E-state index is 12.4. The number of carbonyl (C=O) groups is 2. The second-order valence-electron chi connectivity index (χ2n) is 9.61. The molecule has 0 N–H and O–H groups in total. The Labute approximate surface area is 151 Å². The minimum atomic E-state index is 0.0566. The van der Waals surface area contributed by atoms with Crippen LogP contribution in [0.1, 0.15) is 65.7 Å². The minimum absolute atomic E-state index is 0.0566. The van der Waals surface area contributed by atoms with Crippen molar-refractivity contribution in [3.63, 3.8) is 0 Å². The number of fused-ring (bicyclic) bond motifs is 5. The summed E-state index contributed by atoms with van der Waals surface area (Å²) >= 11 is 0. The molecule has 0 aliphatic heterocycles. The molecule has 0 aromatic carbocycles. The lowest BCUT2D eigenvalue weighted by Crippen LogP contribution is -2.51. The average molecular weight is 344 g/mol. The molecule has 0 unspecified atom stereocenters. The highest BCUT2D eigenvalue weighted by molar-refractivity contribution is 5.91. The van der Waals surface area contributed by atoms with Crippen molar-refractivity contribution in [2.24, 2.45) is 34.5 Å². The van der Waals surface area contributed by atoms with Crippen molar-refractivity contribution >= 4 is 11.6 Å². The molecule has 0 aromatic heterocycles. The molecule has 0 aromatic rings. The molecule has 0 spiro atoms. The maximum atomic E-state index is 12.4. The van der Waals surface area contributed by atoms with Gasteiger partial charge in [0, 0.05) is 19.4 Å². The zero-order chi connectivity index (χ0) is 18.0. The van der Waals surface area contributed by atoms with E-state index >= 15 is 0 Å². The highest BCUT2D eigenvalue weighted by Gasteiger charge is 2.62. The van der Waals surface area contributed by atoms with Crippen LogP contribution in [0.5, 0.6) is 0 Å². The zero-order valence-corrected chi connectivity index (χ0v) is 16.1.